The third kappa shape index (κ3) is 6.55. The van der Waals surface area contributed by atoms with Crippen molar-refractivity contribution in [3.05, 3.63) is 48.5 Å². The Morgan fingerprint density at radius 3 is 2.15 bits per heavy atom. The van der Waals surface area contributed by atoms with Gasteiger partial charge in [0.25, 0.3) is 0 Å². The van der Waals surface area contributed by atoms with Gasteiger partial charge in [-0.25, -0.2) is 0 Å². The second kappa shape index (κ2) is 10.2. The summed E-state index contributed by atoms with van der Waals surface area (Å²) in [6.45, 7) is 5.16. The maximum Gasteiger partial charge on any atom is 0.195 e. The van der Waals surface area contributed by atoms with E-state index in [1.54, 1.807) is 14.2 Å². The molecule has 0 atom stereocenters. The minimum absolute atomic E-state index is 0.161. The van der Waals surface area contributed by atoms with Gasteiger partial charge in [-0.15, -0.1) is 0 Å². The number of methoxy groups -OCH3 is 1. The number of nitrogens with one attached hydrogen (secondary N) is 2. The summed E-state index contributed by atoms with van der Waals surface area (Å²) in [5.41, 5.74) is 0.935. The van der Waals surface area contributed by atoms with E-state index in [0.717, 1.165) is 22.9 Å². The Kier molecular flexibility index (Phi) is 7.61. The van der Waals surface area contributed by atoms with E-state index in [4.69, 9.17) is 14.2 Å². The molecule has 6 nitrogen and oxygen atoms in total. The molecule has 2 N–H and O–H groups in total. The van der Waals surface area contributed by atoms with E-state index in [1.165, 1.54) is 0 Å². The lowest BCUT2D eigenvalue weighted by atomic mass is 10.3. The number of hydrogen-bond donors (Lipinski definition) is 2. The van der Waals surface area contributed by atoms with Gasteiger partial charge >= 0.3 is 0 Å². The Balaban J connectivity index is 1.75. The summed E-state index contributed by atoms with van der Waals surface area (Å²) >= 11 is 0. The Bertz CT molecular complexity index is 682. The molecule has 140 valence electrons. The lowest BCUT2D eigenvalue weighted by Crippen LogP contribution is -2.33. The molecule has 2 rings (SSSR count). The molecule has 0 aromatic heterocycles. The van der Waals surface area contributed by atoms with Crippen molar-refractivity contribution in [2.24, 2.45) is 4.99 Å². The predicted molar refractivity (Wildman–Crippen MR) is 106 cm³/mol. The van der Waals surface area contributed by atoms with Gasteiger partial charge < -0.3 is 24.8 Å². The zero-order valence-electron chi connectivity index (χ0n) is 15.8. The van der Waals surface area contributed by atoms with Crippen molar-refractivity contribution < 1.29 is 14.2 Å². The molecular weight excluding hydrogens is 330 g/mol. The summed E-state index contributed by atoms with van der Waals surface area (Å²) in [7, 11) is 3.37. The Morgan fingerprint density at radius 1 is 0.962 bits per heavy atom. The average Bonchev–Trinajstić information content (AvgIpc) is 2.65. The van der Waals surface area contributed by atoms with Gasteiger partial charge in [-0.1, -0.05) is 0 Å². The standard InChI is InChI=1S/C20H27N3O3/c1-15(2)26-19-7-5-16(6-8-19)23-20(21-3)22-13-14-25-18-11-9-17(24-4)10-12-18/h5-12,15H,13-14H2,1-4H3,(H2,21,22,23). The van der Waals surface area contributed by atoms with Crippen molar-refractivity contribution in [2.45, 2.75) is 20.0 Å². The maximum absolute atomic E-state index is 5.69. The number of anilines is 1. The maximum atomic E-state index is 5.69. The largest absolute Gasteiger partial charge is 0.497 e. The number of ether oxygens (including phenoxy) is 3. The molecular formula is C20H27N3O3. The van der Waals surface area contributed by atoms with Crippen LogP contribution in [0.25, 0.3) is 0 Å². The summed E-state index contributed by atoms with van der Waals surface area (Å²) in [5.74, 6) is 3.14. The van der Waals surface area contributed by atoms with E-state index in [9.17, 15) is 0 Å². The molecule has 2 aromatic rings. The monoisotopic (exact) mass is 357 g/mol. The number of nitrogens with zero attached hydrogens (tertiary/aromatic N) is 1. The SMILES string of the molecule is CN=C(NCCOc1ccc(OC)cc1)Nc1ccc(OC(C)C)cc1. The summed E-state index contributed by atoms with van der Waals surface area (Å²) in [6, 6.07) is 15.3. The molecule has 0 aliphatic rings. The fraction of sp³-hybridized carbons (Fsp3) is 0.350. The molecule has 0 unspecified atom stereocenters. The highest BCUT2D eigenvalue weighted by Gasteiger charge is 2.02. The third-order valence-electron chi connectivity index (χ3n) is 3.44. The molecule has 0 spiro atoms. The molecule has 0 radical (unpaired) electrons. The molecule has 2 aromatic carbocycles. The van der Waals surface area contributed by atoms with Gasteiger partial charge in [-0.3, -0.25) is 4.99 Å². The summed E-state index contributed by atoms with van der Waals surface area (Å²) in [4.78, 5) is 4.21. The van der Waals surface area contributed by atoms with Gasteiger partial charge in [-0.2, -0.15) is 0 Å². The molecule has 0 aliphatic carbocycles. The van der Waals surface area contributed by atoms with Crippen LogP contribution in [-0.2, 0) is 0 Å². The lowest BCUT2D eigenvalue weighted by Gasteiger charge is -2.14. The minimum Gasteiger partial charge on any atom is -0.497 e. The first kappa shape index (κ1) is 19.4. The van der Waals surface area contributed by atoms with E-state index >= 15 is 0 Å². The van der Waals surface area contributed by atoms with E-state index in [1.807, 2.05) is 62.4 Å². The van der Waals surface area contributed by atoms with Crippen LogP contribution in [0.4, 0.5) is 5.69 Å². The van der Waals surface area contributed by atoms with Crippen molar-refractivity contribution in [3.8, 4) is 17.2 Å². The summed E-state index contributed by atoms with van der Waals surface area (Å²) in [5, 5.41) is 6.45. The fourth-order valence-corrected chi connectivity index (χ4v) is 2.22. The zero-order valence-corrected chi connectivity index (χ0v) is 15.8. The molecule has 26 heavy (non-hydrogen) atoms. The van der Waals surface area contributed by atoms with Crippen molar-refractivity contribution in [1.82, 2.24) is 5.32 Å². The first-order chi connectivity index (χ1) is 12.6. The van der Waals surface area contributed by atoms with Crippen molar-refractivity contribution >= 4 is 11.6 Å². The van der Waals surface area contributed by atoms with Crippen LogP contribution < -0.4 is 24.8 Å². The van der Waals surface area contributed by atoms with Crippen LogP contribution >= 0.6 is 0 Å². The molecule has 0 saturated carbocycles. The smallest absolute Gasteiger partial charge is 0.195 e. The fourth-order valence-electron chi connectivity index (χ4n) is 2.22. The Morgan fingerprint density at radius 2 is 1.58 bits per heavy atom. The van der Waals surface area contributed by atoms with Gasteiger partial charge in [0.05, 0.1) is 19.8 Å². The lowest BCUT2D eigenvalue weighted by molar-refractivity contribution is 0.242. The van der Waals surface area contributed by atoms with Gasteiger partial charge in [0.1, 0.15) is 23.9 Å². The number of rotatable bonds is 8. The van der Waals surface area contributed by atoms with E-state index in [0.29, 0.717) is 19.1 Å². The zero-order chi connectivity index (χ0) is 18.8. The summed E-state index contributed by atoms with van der Waals surface area (Å²) < 4.78 is 16.4. The first-order valence-corrected chi connectivity index (χ1v) is 8.62. The van der Waals surface area contributed by atoms with E-state index in [-0.39, 0.29) is 6.10 Å². The molecule has 0 heterocycles. The molecule has 6 heteroatoms. The van der Waals surface area contributed by atoms with Crippen LogP contribution in [0.2, 0.25) is 0 Å². The quantitative estimate of drug-likeness (QED) is 0.430. The van der Waals surface area contributed by atoms with E-state index < -0.39 is 0 Å². The molecule has 0 saturated heterocycles. The Labute approximate surface area is 155 Å². The highest BCUT2D eigenvalue weighted by Crippen LogP contribution is 2.17. The van der Waals surface area contributed by atoms with Gasteiger partial charge in [0.2, 0.25) is 0 Å². The molecule has 0 fully saturated rings. The molecule has 0 aliphatic heterocycles. The number of guanidine groups is 1. The third-order valence-corrected chi connectivity index (χ3v) is 3.44. The van der Waals surface area contributed by atoms with Gasteiger partial charge in [0.15, 0.2) is 5.96 Å². The highest BCUT2D eigenvalue weighted by molar-refractivity contribution is 5.93. The second-order valence-electron chi connectivity index (χ2n) is 5.84. The highest BCUT2D eigenvalue weighted by atomic mass is 16.5. The van der Waals surface area contributed by atoms with Crippen LogP contribution in [-0.4, -0.2) is 39.4 Å². The molecule has 0 amide bonds. The van der Waals surface area contributed by atoms with Crippen LogP contribution in [0.5, 0.6) is 17.2 Å². The van der Waals surface area contributed by atoms with Gasteiger partial charge in [0, 0.05) is 12.7 Å². The van der Waals surface area contributed by atoms with Crippen molar-refractivity contribution in [2.75, 3.05) is 32.6 Å². The Hall–Kier alpha value is -2.89. The predicted octanol–water partition coefficient (Wildman–Crippen LogP) is 3.55. The molecule has 0 bridgehead atoms. The van der Waals surface area contributed by atoms with Crippen LogP contribution in [0.1, 0.15) is 13.8 Å². The summed E-state index contributed by atoms with van der Waals surface area (Å²) in [6.07, 6.45) is 0.161. The van der Waals surface area contributed by atoms with Gasteiger partial charge in [-0.05, 0) is 62.4 Å². The van der Waals surface area contributed by atoms with Crippen LogP contribution in [0, 0.1) is 0 Å². The number of benzene rings is 2. The average molecular weight is 357 g/mol. The van der Waals surface area contributed by atoms with Crippen molar-refractivity contribution in [3.63, 3.8) is 0 Å². The van der Waals surface area contributed by atoms with E-state index in [2.05, 4.69) is 15.6 Å². The number of aliphatic imine (C=N–C) groups is 1. The van der Waals surface area contributed by atoms with Crippen molar-refractivity contribution in [1.29, 1.82) is 0 Å². The topological polar surface area (TPSA) is 64.1 Å². The minimum atomic E-state index is 0.161. The second-order valence-corrected chi connectivity index (χ2v) is 5.84. The van der Waals surface area contributed by atoms with Crippen LogP contribution in [0.3, 0.4) is 0 Å². The first-order valence-electron chi connectivity index (χ1n) is 8.62. The number of hydrogen-bond acceptors (Lipinski definition) is 4. The van der Waals surface area contributed by atoms with Crippen LogP contribution in [0.15, 0.2) is 53.5 Å². The normalized spacial score (nSPS) is 11.2.